The average molecular weight is 410 g/mol. The Morgan fingerprint density at radius 2 is 1.72 bits per heavy atom. The zero-order valence-electron chi connectivity index (χ0n) is 13.3. The highest BCUT2D eigenvalue weighted by Crippen LogP contribution is 2.38. The molecule has 0 aliphatic carbocycles. The summed E-state index contributed by atoms with van der Waals surface area (Å²) in [6.07, 6.45) is -2.81. The second-order valence-corrected chi connectivity index (χ2v) is 8.16. The molecule has 0 saturated heterocycles. The van der Waals surface area contributed by atoms with Crippen LogP contribution in [-0.2, 0) is 16.2 Å². The summed E-state index contributed by atoms with van der Waals surface area (Å²) in [5, 5.41) is -0.478. The first-order valence-electron chi connectivity index (χ1n) is 7.14. The SMILES string of the molecule is CCN(c1ccc(Cl)c(C(F)(F)F)c1)S(=O)(=O)c1ccc(SC)cc1. The fourth-order valence-electron chi connectivity index (χ4n) is 2.25. The van der Waals surface area contributed by atoms with Crippen LogP contribution in [0.2, 0.25) is 5.02 Å². The molecule has 0 aromatic heterocycles. The molecule has 0 atom stereocenters. The largest absolute Gasteiger partial charge is 0.417 e. The minimum Gasteiger partial charge on any atom is -0.267 e. The Bertz CT molecular complexity index is 853. The van der Waals surface area contributed by atoms with Gasteiger partial charge in [0.05, 0.1) is 21.2 Å². The summed E-state index contributed by atoms with van der Waals surface area (Å²) in [5.41, 5.74) is -1.16. The summed E-state index contributed by atoms with van der Waals surface area (Å²) in [6, 6.07) is 9.22. The lowest BCUT2D eigenvalue weighted by atomic mass is 10.2. The third-order valence-electron chi connectivity index (χ3n) is 3.48. The standard InChI is InChI=1S/C16H15ClF3NO2S2/c1-3-21(11-4-9-15(17)14(10-11)16(18,19)20)25(22,23)13-7-5-12(24-2)6-8-13/h4-10H,3H2,1-2H3. The number of anilines is 1. The number of hydrogen-bond donors (Lipinski definition) is 0. The number of thioether (sulfide) groups is 1. The van der Waals surface area contributed by atoms with Gasteiger partial charge in [0.2, 0.25) is 0 Å². The number of sulfonamides is 1. The van der Waals surface area contributed by atoms with Gasteiger partial charge in [0.25, 0.3) is 10.0 Å². The number of rotatable bonds is 5. The molecule has 0 unspecified atom stereocenters. The Morgan fingerprint density at radius 1 is 1.12 bits per heavy atom. The zero-order valence-corrected chi connectivity index (χ0v) is 15.7. The fourth-order valence-corrected chi connectivity index (χ4v) is 4.35. The molecule has 0 bridgehead atoms. The first kappa shape index (κ1) is 19.9. The molecule has 0 fully saturated rings. The normalized spacial score (nSPS) is 12.2. The van der Waals surface area contributed by atoms with Crippen LogP contribution in [0.15, 0.2) is 52.3 Å². The summed E-state index contributed by atoms with van der Waals surface area (Å²) in [5.74, 6) is 0. The van der Waals surface area contributed by atoms with E-state index in [0.717, 1.165) is 21.3 Å². The third kappa shape index (κ3) is 4.24. The molecule has 2 aromatic rings. The number of benzene rings is 2. The van der Waals surface area contributed by atoms with Gasteiger partial charge in [-0.05, 0) is 55.6 Å². The molecule has 0 saturated carbocycles. The molecule has 2 aromatic carbocycles. The molecular weight excluding hydrogens is 395 g/mol. The smallest absolute Gasteiger partial charge is 0.267 e. The van der Waals surface area contributed by atoms with Crippen molar-refractivity contribution in [1.82, 2.24) is 0 Å². The van der Waals surface area contributed by atoms with E-state index in [2.05, 4.69) is 0 Å². The molecule has 2 rings (SSSR count). The van der Waals surface area contributed by atoms with E-state index in [9.17, 15) is 21.6 Å². The number of alkyl halides is 3. The van der Waals surface area contributed by atoms with Crippen LogP contribution >= 0.6 is 23.4 Å². The van der Waals surface area contributed by atoms with Gasteiger partial charge in [-0.25, -0.2) is 8.42 Å². The highest BCUT2D eigenvalue weighted by atomic mass is 35.5. The molecule has 0 spiro atoms. The number of halogens is 4. The summed E-state index contributed by atoms with van der Waals surface area (Å²) < 4.78 is 65.7. The van der Waals surface area contributed by atoms with E-state index in [1.54, 1.807) is 19.1 Å². The van der Waals surface area contributed by atoms with Gasteiger partial charge in [0.15, 0.2) is 0 Å². The Balaban J connectivity index is 2.51. The molecule has 25 heavy (non-hydrogen) atoms. The van der Waals surface area contributed by atoms with E-state index in [-0.39, 0.29) is 17.1 Å². The highest BCUT2D eigenvalue weighted by molar-refractivity contribution is 7.98. The van der Waals surface area contributed by atoms with Crippen molar-refractivity contribution in [3.63, 3.8) is 0 Å². The van der Waals surface area contributed by atoms with Crippen molar-refractivity contribution in [1.29, 1.82) is 0 Å². The first-order chi connectivity index (χ1) is 11.6. The van der Waals surface area contributed by atoms with Crippen LogP contribution < -0.4 is 4.31 Å². The van der Waals surface area contributed by atoms with Crippen molar-refractivity contribution < 1.29 is 21.6 Å². The van der Waals surface area contributed by atoms with E-state index >= 15 is 0 Å². The van der Waals surface area contributed by atoms with Crippen LogP contribution in [0, 0.1) is 0 Å². The molecule has 3 nitrogen and oxygen atoms in total. The lowest BCUT2D eigenvalue weighted by molar-refractivity contribution is -0.137. The molecule has 0 aliphatic rings. The lowest BCUT2D eigenvalue weighted by Crippen LogP contribution is -2.31. The lowest BCUT2D eigenvalue weighted by Gasteiger charge is -2.24. The average Bonchev–Trinajstić information content (AvgIpc) is 2.55. The molecule has 0 heterocycles. The maximum atomic E-state index is 13.0. The van der Waals surface area contributed by atoms with Crippen molar-refractivity contribution in [2.24, 2.45) is 0 Å². The number of nitrogens with zero attached hydrogens (tertiary/aromatic N) is 1. The monoisotopic (exact) mass is 409 g/mol. The van der Waals surface area contributed by atoms with Crippen LogP contribution in [0.4, 0.5) is 18.9 Å². The molecule has 0 radical (unpaired) electrons. The summed E-state index contributed by atoms with van der Waals surface area (Å²) >= 11 is 7.06. The van der Waals surface area contributed by atoms with Crippen LogP contribution in [0.3, 0.4) is 0 Å². The third-order valence-corrected chi connectivity index (χ3v) is 6.47. The fraction of sp³-hybridized carbons (Fsp3) is 0.250. The summed E-state index contributed by atoms with van der Waals surface area (Å²) in [4.78, 5) is 0.892. The summed E-state index contributed by atoms with van der Waals surface area (Å²) in [6.45, 7) is 1.53. The maximum Gasteiger partial charge on any atom is 0.417 e. The van der Waals surface area contributed by atoms with E-state index in [0.29, 0.717) is 0 Å². The topological polar surface area (TPSA) is 37.4 Å². The van der Waals surface area contributed by atoms with Gasteiger partial charge in [-0.3, -0.25) is 4.31 Å². The van der Waals surface area contributed by atoms with Gasteiger partial charge in [0.1, 0.15) is 0 Å². The van der Waals surface area contributed by atoms with Crippen LogP contribution in [0.1, 0.15) is 12.5 Å². The van der Waals surface area contributed by atoms with Gasteiger partial charge < -0.3 is 0 Å². The van der Waals surface area contributed by atoms with Crippen LogP contribution in [0.5, 0.6) is 0 Å². The van der Waals surface area contributed by atoms with Crippen molar-refractivity contribution >= 4 is 39.1 Å². The Hall–Kier alpha value is -1.38. The second kappa shape index (κ2) is 7.47. The Morgan fingerprint density at radius 3 is 2.20 bits per heavy atom. The Kier molecular flexibility index (Phi) is 5.96. The molecule has 0 aliphatic heterocycles. The molecule has 0 N–H and O–H groups in total. The first-order valence-corrected chi connectivity index (χ1v) is 10.2. The minimum atomic E-state index is -4.67. The van der Waals surface area contributed by atoms with Crippen molar-refractivity contribution in [2.75, 3.05) is 17.1 Å². The predicted molar refractivity (Wildman–Crippen MR) is 94.9 cm³/mol. The highest BCUT2D eigenvalue weighted by Gasteiger charge is 2.34. The van der Waals surface area contributed by atoms with Crippen LogP contribution in [-0.4, -0.2) is 21.2 Å². The van der Waals surface area contributed by atoms with Gasteiger partial charge in [0, 0.05) is 11.4 Å². The van der Waals surface area contributed by atoms with E-state index in [1.165, 1.54) is 30.0 Å². The molecular formula is C16H15ClF3NO2S2. The zero-order chi connectivity index (χ0) is 18.8. The van der Waals surface area contributed by atoms with Crippen molar-refractivity contribution in [3.05, 3.63) is 53.1 Å². The van der Waals surface area contributed by atoms with E-state index in [4.69, 9.17) is 11.6 Å². The predicted octanol–water partition coefficient (Wildman–Crippen LogP) is 5.30. The maximum absolute atomic E-state index is 13.0. The van der Waals surface area contributed by atoms with Crippen LogP contribution in [0.25, 0.3) is 0 Å². The van der Waals surface area contributed by atoms with E-state index < -0.39 is 26.8 Å². The minimum absolute atomic E-state index is 0.00987. The number of hydrogen-bond acceptors (Lipinski definition) is 3. The quantitative estimate of drug-likeness (QED) is 0.629. The molecule has 0 amide bonds. The van der Waals surface area contributed by atoms with Crippen molar-refractivity contribution in [2.45, 2.75) is 22.9 Å². The van der Waals surface area contributed by atoms with Gasteiger partial charge in [-0.1, -0.05) is 11.6 Å². The van der Waals surface area contributed by atoms with Gasteiger partial charge >= 0.3 is 6.18 Å². The summed E-state index contributed by atoms with van der Waals surface area (Å²) in [7, 11) is -3.99. The second-order valence-electron chi connectivity index (χ2n) is 5.01. The van der Waals surface area contributed by atoms with E-state index in [1.807, 2.05) is 6.26 Å². The Labute approximate surface area is 153 Å². The molecule has 136 valence electrons. The van der Waals surface area contributed by atoms with Gasteiger partial charge in [-0.2, -0.15) is 13.2 Å². The van der Waals surface area contributed by atoms with Gasteiger partial charge in [-0.15, -0.1) is 11.8 Å². The van der Waals surface area contributed by atoms with Crippen molar-refractivity contribution in [3.8, 4) is 0 Å². The molecule has 9 heteroatoms.